The van der Waals surface area contributed by atoms with Crippen LogP contribution in [-0.4, -0.2) is 48.9 Å². The van der Waals surface area contributed by atoms with Gasteiger partial charge in [-0.2, -0.15) is 0 Å². The maximum atomic E-state index is 12.2. The van der Waals surface area contributed by atoms with Gasteiger partial charge in [0.2, 0.25) is 0 Å². The molecule has 0 aliphatic carbocycles. The molecule has 0 spiro atoms. The van der Waals surface area contributed by atoms with Crippen molar-refractivity contribution in [1.82, 2.24) is 15.5 Å². The van der Waals surface area contributed by atoms with E-state index in [1.54, 1.807) is 29.2 Å². The summed E-state index contributed by atoms with van der Waals surface area (Å²) in [7, 11) is 0. The zero-order valence-electron chi connectivity index (χ0n) is 13.4. The molecule has 22 heavy (non-hydrogen) atoms. The van der Waals surface area contributed by atoms with Crippen molar-refractivity contribution in [2.45, 2.75) is 32.7 Å². The number of carbonyl (C=O) groups is 2. The molecule has 1 atom stereocenters. The van der Waals surface area contributed by atoms with Crippen molar-refractivity contribution in [3.8, 4) is 0 Å². The predicted molar refractivity (Wildman–Crippen MR) is 87.1 cm³/mol. The van der Waals surface area contributed by atoms with E-state index < -0.39 is 0 Å². The Kier molecular flexibility index (Phi) is 5.95. The van der Waals surface area contributed by atoms with Crippen molar-refractivity contribution in [1.29, 1.82) is 0 Å². The molecular weight excluding hydrogens is 278 g/mol. The van der Waals surface area contributed by atoms with Crippen LogP contribution in [0.4, 0.5) is 0 Å². The van der Waals surface area contributed by atoms with E-state index in [4.69, 9.17) is 0 Å². The highest BCUT2D eigenvalue weighted by Crippen LogP contribution is 2.09. The molecule has 2 amide bonds. The van der Waals surface area contributed by atoms with E-state index >= 15 is 0 Å². The Hall–Kier alpha value is -1.88. The van der Waals surface area contributed by atoms with Crippen LogP contribution in [0.2, 0.25) is 0 Å². The molecule has 1 heterocycles. The molecule has 2 N–H and O–H groups in total. The normalized spacial score (nSPS) is 17.8. The molecule has 120 valence electrons. The van der Waals surface area contributed by atoms with Gasteiger partial charge >= 0.3 is 0 Å². The van der Waals surface area contributed by atoms with Crippen molar-refractivity contribution in [3.05, 3.63) is 35.4 Å². The molecule has 5 heteroatoms. The van der Waals surface area contributed by atoms with Gasteiger partial charge in [0.25, 0.3) is 11.8 Å². The van der Waals surface area contributed by atoms with Gasteiger partial charge in [0.1, 0.15) is 0 Å². The maximum Gasteiger partial charge on any atom is 0.253 e. The van der Waals surface area contributed by atoms with Crippen LogP contribution >= 0.6 is 0 Å². The predicted octanol–water partition coefficient (Wildman–Crippen LogP) is 1.65. The van der Waals surface area contributed by atoms with E-state index in [-0.39, 0.29) is 17.9 Å². The van der Waals surface area contributed by atoms with E-state index in [9.17, 15) is 9.59 Å². The lowest BCUT2D eigenvalue weighted by molar-refractivity contribution is 0.0772. The third-order valence-corrected chi connectivity index (χ3v) is 4.08. The van der Waals surface area contributed by atoms with Crippen molar-refractivity contribution in [3.63, 3.8) is 0 Å². The fraction of sp³-hybridized carbons (Fsp3) is 0.529. The first-order valence-electron chi connectivity index (χ1n) is 8.06. The lowest BCUT2D eigenvalue weighted by Crippen LogP contribution is -2.45. The fourth-order valence-corrected chi connectivity index (χ4v) is 2.70. The highest BCUT2D eigenvalue weighted by molar-refractivity contribution is 5.97. The average molecular weight is 303 g/mol. The number of nitrogens with one attached hydrogen (secondary N) is 2. The second-order valence-electron chi connectivity index (χ2n) is 5.57. The molecule has 1 aliphatic heterocycles. The number of piperidine rings is 1. The van der Waals surface area contributed by atoms with Gasteiger partial charge in [0.15, 0.2) is 0 Å². The number of hydrogen-bond acceptors (Lipinski definition) is 3. The van der Waals surface area contributed by atoms with Gasteiger partial charge in [-0.05, 0) is 57.5 Å². The molecule has 0 bridgehead atoms. The Balaban J connectivity index is 1.98. The van der Waals surface area contributed by atoms with Crippen molar-refractivity contribution in [2.24, 2.45) is 0 Å². The third kappa shape index (κ3) is 4.07. The summed E-state index contributed by atoms with van der Waals surface area (Å²) in [6.07, 6.45) is 2.10. The Morgan fingerprint density at radius 2 is 1.82 bits per heavy atom. The van der Waals surface area contributed by atoms with E-state index in [1.807, 2.05) is 13.8 Å². The maximum absolute atomic E-state index is 12.2. The zero-order valence-corrected chi connectivity index (χ0v) is 13.4. The Bertz CT molecular complexity index is 503. The second kappa shape index (κ2) is 7.94. The van der Waals surface area contributed by atoms with Crippen LogP contribution in [0.3, 0.4) is 0 Å². The van der Waals surface area contributed by atoms with E-state index in [1.165, 1.54) is 0 Å². The molecule has 1 aromatic carbocycles. The quantitative estimate of drug-likeness (QED) is 0.869. The number of amides is 2. The summed E-state index contributed by atoms with van der Waals surface area (Å²) >= 11 is 0. The van der Waals surface area contributed by atoms with E-state index in [0.717, 1.165) is 25.9 Å². The highest BCUT2D eigenvalue weighted by Gasteiger charge is 2.17. The van der Waals surface area contributed by atoms with Gasteiger partial charge < -0.3 is 15.5 Å². The van der Waals surface area contributed by atoms with Gasteiger partial charge in [-0.15, -0.1) is 0 Å². The molecule has 1 aliphatic rings. The van der Waals surface area contributed by atoms with Gasteiger partial charge in [-0.1, -0.05) is 0 Å². The van der Waals surface area contributed by atoms with Crippen LogP contribution in [0.25, 0.3) is 0 Å². The summed E-state index contributed by atoms with van der Waals surface area (Å²) in [5.41, 5.74) is 1.22. The van der Waals surface area contributed by atoms with Crippen LogP contribution in [-0.2, 0) is 0 Å². The zero-order chi connectivity index (χ0) is 15.9. The van der Waals surface area contributed by atoms with Gasteiger partial charge in [-0.3, -0.25) is 9.59 Å². The molecule has 0 aromatic heterocycles. The summed E-state index contributed by atoms with van der Waals surface area (Å²) in [5.74, 6) is -0.0658. The van der Waals surface area contributed by atoms with Crippen LogP contribution in [0.15, 0.2) is 24.3 Å². The molecule has 0 radical (unpaired) electrons. The number of nitrogens with zero attached hydrogens (tertiary/aromatic N) is 1. The standard InChI is InChI=1S/C17H25N3O2/c1-3-20(4-2)17(22)14-9-7-13(8-10-14)16(21)19-15-6-5-11-18-12-15/h7-10,15,18H,3-6,11-12H2,1-2H3,(H,19,21)/t15-/m0/s1. The van der Waals surface area contributed by atoms with Crippen molar-refractivity contribution < 1.29 is 9.59 Å². The first-order valence-corrected chi connectivity index (χ1v) is 8.06. The monoisotopic (exact) mass is 303 g/mol. The lowest BCUT2D eigenvalue weighted by Gasteiger charge is -2.23. The van der Waals surface area contributed by atoms with Crippen LogP contribution in [0, 0.1) is 0 Å². The summed E-state index contributed by atoms with van der Waals surface area (Å²) in [5, 5.41) is 6.31. The Morgan fingerprint density at radius 3 is 2.36 bits per heavy atom. The Morgan fingerprint density at radius 1 is 1.18 bits per heavy atom. The highest BCUT2D eigenvalue weighted by atomic mass is 16.2. The van der Waals surface area contributed by atoms with Crippen LogP contribution < -0.4 is 10.6 Å². The van der Waals surface area contributed by atoms with Gasteiger partial charge in [0.05, 0.1) is 0 Å². The van der Waals surface area contributed by atoms with Crippen molar-refractivity contribution in [2.75, 3.05) is 26.2 Å². The summed E-state index contributed by atoms with van der Waals surface area (Å²) < 4.78 is 0. The number of carbonyl (C=O) groups excluding carboxylic acids is 2. The molecule has 1 saturated heterocycles. The molecule has 1 fully saturated rings. The topological polar surface area (TPSA) is 61.4 Å². The van der Waals surface area contributed by atoms with Gasteiger partial charge in [0, 0.05) is 36.8 Å². The van der Waals surface area contributed by atoms with E-state index in [0.29, 0.717) is 24.2 Å². The average Bonchev–Trinajstić information content (AvgIpc) is 2.57. The summed E-state index contributed by atoms with van der Waals surface area (Å²) in [6, 6.07) is 7.10. The molecule has 5 nitrogen and oxygen atoms in total. The first-order chi connectivity index (χ1) is 10.7. The van der Waals surface area contributed by atoms with E-state index in [2.05, 4.69) is 10.6 Å². The second-order valence-corrected chi connectivity index (χ2v) is 5.57. The molecule has 1 aromatic rings. The summed E-state index contributed by atoms with van der Waals surface area (Å²) in [4.78, 5) is 26.2. The summed E-state index contributed by atoms with van der Waals surface area (Å²) in [6.45, 7) is 7.14. The number of hydrogen-bond donors (Lipinski definition) is 2. The molecule has 0 unspecified atom stereocenters. The SMILES string of the molecule is CCN(CC)C(=O)c1ccc(C(=O)N[C@H]2CCCNC2)cc1. The third-order valence-electron chi connectivity index (χ3n) is 4.08. The molecular formula is C17H25N3O2. The number of rotatable bonds is 5. The lowest BCUT2D eigenvalue weighted by atomic mass is 10.1. The largest absolute Gasteiger partial charge is 0.348 e. The number of benzene rings is 1. The minimum absolute atomic E-state index is 0.00781. The minimum Gasteiger partial charge on any atom is -0.348 e. The minimum atomic E-state index is -0.0736. The van der Waals surface area contributed by atoms with Gasteiger partial charge in [-0.25, -0.2) is 0 Å². The van der Waals surface area contributed by atoms with Crippen LogP contribution in [0.1, 0.15) is 47.4 Å². The van der Waals surface area contributed by atoms with Crippen LogP contribution in [0.5, 0.6) is 0 Å². The Labute approximate surface area is 132 Å². The molecule has 2 rings (SSSR count). The first kappa shape index (κ1) is 16.5. The molecule has 0 saturated carbocycles. The van der Waals surface area contributed by atoms with Crippen molar-refractivity contribution >= 4 is 11.8 Å². The fourth-order valence-electron chi connectivity index (χ4n) is 2.70. The smallest absolute Gasteiger partial charge is 0.253 e.